The Morgan fingerprint density at radius 1 is 0.966 bits per heavy atom. The quantitative estimate of drug-likeness (QED) is 0.368. The Hall–Kier alpha value is -3.23. The number of aromatic nitrogens is 2. The summed E-state index contributed by atoms with van der Waals surface area (Å²) in [7, 11) is 0. The van der Waals surface area contributed by atoms with Gasteiger partial charge in [-0.25, -0.2) is 4.79 Å². The van der Waals surface area contributed by atoms with Crippen molar-refractivity contribution in [1.29, 1.82) is 0 Å². The number of amides is 1. The van der Waals surface area contributed by atoms with Gasteiger partial charge in [0.15, 0.2) is 10.1 Å². The molecule has 6 nitrogen and oxygen atoms in total. The van der Waals surface area contributed by atoms with Gasteiger partial charge in [-0.2, -0.15) is 0 Å². The summed E-state index contributed by atoms with van der Waals surface area (Å²) in [5.74, 6) is -0.638. The van der Waals surface area contributed by atoms with Crippen LogP contribution in [0.2, 0.25) is 0 Å². The highest BCUT2D eigenvalue weighted by molar-refractivity contribution is 8.00. The fraction of sp³-hybridized carbons (Fsp3) is 0.0476. The van der Waals surface area contributed by atoms with E-state index in [-0.39, 0.29) is 5.76 Å². The summed E-state index contributed by atoms with van der Waals surface area (Å²) >= 11 is 2.68. The van der Waals surface area contributed by atoms with Gasteiger partial charge in [0.2, 0.25) is 5.13 Å². The van der Waals surface area contributed by atoms with Crippen LogP contribution in [0.4, 0.5) is 5.13 Å². The first-order chi connectivity index (χ1) is 14.1. The van der Waals surface area contributed by atoms with E-state index in [9.17, 15) is 9.59 Å². The summed E-state index contributed by atoms with van der Waals surface area (Å²) in [6.07, 6.45) is 1.87. The number of nitrogens with zero attached hydrogens (tertiary/aromatic N) is 2. The van der Waals surface area contributed by atoms with Gasteiger partial charge in [-0.3, -0.25) is 10.1 Å². The smallest absolute Gasteiger partial charge is 0.336 e. The van der Waals surface area contributed by atoms with Crippen LogP contribution in [0.25, 0.3) is 22.3 Å². The molecule has 144 valence electrons. The maximum atomic E-state index is 12.6. The summed E-state index contributed by atoms with van der Waals surface area (Å²) in [6, 6.07) is 20.5. The minimum atomic E-state index is -0.599. The lowest BCUT2D eigenvalue weighted by Crippen LogP contribution is -2.14. The Bertz CT molecular complexity index is 1220. The molecule has 0 saturated heterocycles. The molecule has 0 atom stereocenters. The highest BCUT2D eigenvalue weighted by atomic mass is 32.2. The first-order valence-electron chi connectivity index (χ1n) is 8.63. The third-order valence-corrected chi connectivity index (χ3v) is 5.93. The van der Waals surface area contributed by atoms with Gasteiger partial charge in [0.1, 0.15) is 0 Å². The van der Waals surface area contributed by atoms with Crippen molar-refractivity contribution in [2.24, 2.45) is 0 Å². The summed E-state index contributed by atoms with van der Waals surface area (Å²) < 4.78 is 5.86. The second-order valence-corrected chi connectivity index (χ2v) is 8.00. The molecule has 0 spiro atoms. The summed E-state index contributed by atoms with van der Waals surface area (Å²) in [5.41, 5.74) is 2.81. The predicted molar refractivity (Wildman–Crippen MR) is 115 cm³/mol. The van der Waals surface area contributed by atoms with E-state index in [1.54, 1.807) is 6.07 Å². The molecular weight excluding hydrogens is 406 g/mol. The van der Waals surface area contributed by atoms with Crippen molar-refractivity contribution in [3.8, 4) is 22.3 Å². The Labute approximate surface area is 174 Å². The van der Waals surface area contributed by atoms with Gasteiger partial charge in [0.25, 0.3) is 5.91 Å². The Morgan fingerprint density at radius 2 is 1.66 bits per heavy atom. The van der Waals surface area contributed by atoms with Gasteiger partial charge in [0, 0.05) is 6.07 Å². The molecule has 2 aromatic carbocycles. The molecule has 1 N–H and O–H groups in total. The molecule has 29 heavy (non-hydrogen) atoms. The number of carbonyl (C=O) groups excluding carboxylic acids is 1. The SMILES string of the molecule is CSc1nnc(NC(=O)c2cc(-c3ccccc3-c3ccccc3)cc(=O)o2)s1. The van der Waals surface area contributed by atoms with E-state index in [2.05, 4.69) is 15.5 Å². The van der Waals surface area contributed by atoms with Crippen molar-refractivity contribution in [3.63, 3.8) is 0 Å². The van der Waals surface area contributed by atoms with Gasteiger partial charge in [-0.1, -0.05) is 77.7 Å². The molecule has 0 fully saturated rings. The van der Waals surface area contributed by atoms with Crippen LogP contribution in [0.15, 0.2) is 80.3 Å². The second kappa shape index (κ2) is 8.42. The molecule has 0 saturated carbocycles. The first-order valence-corrected chi connectivity index (χ1v) is 10.7. The van der Waals surface area contributed by atoms with Crippen molar-refractivity contribution >= 4 is 34.1 Å². The third kappa shape index (κ3) is 4.28. The highest BCUT2D eigenvalue weighted by Gasteiger charge is 2.16. The zero-order chi connectivity index (χ0) is 20.2. The second-order valence-electron chi connectivity index (χ2n) is 5.97. The zero-order valence-electron chi connectivity index (χ0n) is 15.3. The number of hydrogen-bond acceptors (Lipinski definition) is 7. The molecule has 2 heterocycles. The minimum absolute atomic E-state index is 0.0868. The molecule has 4 rings (SSSR count). The predicted octanol–water partition coefficient (Wildman–Crippen LogP) is 4.80. The van der Waals surface area contributed by atoms with Crippen LogP contribution in [0.1, 0.15) is 10.6 Å². The van der Waals surface area contributed by atoms with Crippen LogP contribution in [-0.4, -0.2) is 22.4 Å². The minimum Gasteiger partial charge on any atom is -0.417 e. The lowest BCUT2D eigenvalue weighted by atomic mass is 9.95. The van der Waals surface area contributed by atoms with Crippen LogP contribution in [0, 0.1) is 0 Å². The van der Waals surface area contributed by atoms with E-state index in [4.69, 9.17) is 4.42 Å². The number of anilines is 1. The number of nitrogens with one attached hydrogen (secondary N) is 1. The molecule has 0 radical (unpaired) electrons. The summed E-state index contributed by atoms with van der Waals surface area (Å²) in [6.45, 7) is 0. The average molecular weight is 422 g/mol. The number of rotatable bonds is 5. The standard InChI is InChI=1S/C21H15N3O3S2/c1-28-21-24-23-20(29-21)22-19(26)17-11-14(12-18(25)27-17)16-10-6-5-9-15(16)13-7-3-2-4-8-13/h2-12H,1H3,(H,22,23,26). The van der Waals surface area contributed by atoms with E-state index < -0.39 is 11.5 Å². The maximum Gasteiger partial charge on any atom is 0.336 e. The number of carbonyl (C=O) groups is 1. The van der Waals surface area contributed by atoms with Crippen molar-refractivity contribution in [2.75, 3.05) is 11.6 Å². The van der Waals surface area contributed by atoms with Crippen LogP contribution in [0.5, 0.6) is 0 Å². The molecule has 1 amide bonds. The molecule has 0 aliphatic carbocycles. The molecule has 0 unspecified atom stereocenters. The van der Waals surface area contributed by atoms with Crippen molar-refractivity contribution < 1.29 is 9.21 Å². The first kappa shape index (κ1) is 19.1. The fourth-order valence-corrected chi connectivity index (χ4v) is 4.02. The summed E-state index contributed by atoms with van der Waals surface area (Å²) in [4.78, 5) is 24.8. The van der Waals surface area contributed by atoms with Gasteiger partial charge in [-0.15, -0.1) is 10.2 Å². The Kier molecular flexibility index (Phi) is 5.55. The third-order valence-electron chi connectivity index (χ3n) is 4.12. The topological polar surface area (TPSA) is 85.1 Å². The van der Waals surface area contributed by atoms with Crippen LogP contribution >= 0.6 is 23.1 Å². The van der Waals surface area contributed by atoms with E-state index in [1.807, 2.05) is 60.9 Å². The number of thioether (sulfide) groups is 1. The Morgan fingerprint density at radius 3 is 2.34 bits per heavy atom. The lowest BCUT2D eigenvalue weighted by Gasteiger charge is -2.10. The van der Waals surface area contributed by atoms with Crippen molar-refractivity contribution in [3.05, 3.63) is 82.9 Å². The van der Waals surface area contributed by atoms with E-state index in [1.165, 1.54) is 29.2 Å². The van der Waals surface area contributed by atoms with Crippen molar-refractivity contribution in [2.45, 2.75) is 4.34 Å². The average Bonchev–Trinajstić information content (AvgIpc) is 3.21. The molecule has 0 aliphatic heterocycles. The van der Waals surface area contributed by atoms with E-state index >= 15 is 0 Å². The molecule has 8 heteroatoms. The maximum absolute atomic E-state index is 12.6. The molecule has 4 aromatic rings. The number of benzene rings is 2. The highest BCUT2D eigenvalue weighted by Crippen LogP contribution is 2.32. The molecule has 2 aromatic heterocycles. The summed E-state index contributed by atoms with van der Waals surface area (Å²) in [5, 5.41) is 10.8. The van der Waals surface area contributed by atoms with Crippen LogP contribution < -0.4 is 10.9 Å². The van der Waals surface area contributed by atoms with Crippen molar-refractivity contribution in [1.82, 2.24) is 10.2 Å². The van der Waals surface area contributed by atoms with Gasteiger partial charge < -0.3 is 4.42 Å². The Balaban J connectivity index is 1.71. The molecule has 0 bridgehead atoms. The van der Waals surface area contributed by atoms with Gasteiger partial charge in [0.05, 0.1) is 0 Å². The number of hydrogen-bond donors (Lipinski definition) is 1. The van der Waals surface area contributed by atoms with Gasteiger partial charge in [-0.05, 0) is 34.6 Å². The molecule has 0 aliphatic rings. The normalized spacial score (nSPS) is 10.7. The largest absolute Gasteiger partial charge is 0.417 e. The van der Waals surface area contributed by atoms with E-state index in [0.717, 1.165) is 21.0 Å². The van der Waals surface area contributed by atoms with E-state index in [0.29, 0.717) is 10.7 Å². The zero-order valence-corrected chi connectivity index (χ0v) is 16.9. The molecular formula is C21H15N3O3S2. The van der Waals surface area contributed by atoms with Crippen LogP contribution in [0.3, 0.4) is 0 Å². The lowest BCUT2D eigenvalue weighted by molar-refractivity contribution is 0.0992. The van der Waals surface area contributed by atoms with Crippen LogP contribution in [-0.2, 0) is 0 Å². The van der Waals surface area contributed by atoms with Gasteiger partial charge >= 0.3 is 5.63 Å². The fourth-order valence-electron chi connectivity index (χ4n) is 2.85. The monoisotopic (exact) mass is 421 g/mol.